The summed E-state index contributed by atoms with van der Waals surface area (Å²) in [4.78, 5) is 20.5. The van der Waals surface area contributed by atoms with Crippen molar-refractivity contribution >= 4 is 23.5 Å². The first kappa shape index (κ1) is 14.7. The lowest BCUT2D eigenvalue weighted by molar-refractivity contribution is -0.116. The van der Waals surface area contributed by atoms with Gasteiger partial charge in [-0.1, -0.05) is 11.8 Å². The molecule has 0 aromatic carbocycles. The largest absolute Gasteiger partial charge is 0.335 e. The van der Waals surface area contributed by atoms with Crippen molar-refractivity contribution in [2.45, 2.75) is 38.0 Å². The van der Waals surface area contributed by atoms with Gasteiger partial charge in [-0.3, -0.25) is 4.79 Å². The Kier molecular flexibility index (Phi) is 4.15. The highest BCUT2D eigenvalue weighted by atomic mass is 32.2. The molecule has 2 aromatic heterocycles. The van der Waals surface area contributed by atoms with Crippen molar-refractivity contribution in [3.8, 4) is 6.07 Å². The SMILES string of the molecule is Cc1nccn1CCCC(=O)Nc1nc2n(c1C#N)CCS2. The molecule has 0 saturated heterocycles. The van der Waals surface area contributed by atoms with Gasteiger partial charge in [-0.05, 0) is 13.3 Å². The molecule has 1 aliphatic rings. The molecule has 1 amide bonds. The van der Waals surface area contributed by atoms with Gasteiger partial charge in [-0.25, -0.2) is 9.97 Å². The molecule has 1 N–H and O–H groups in total. The fraction of sp³-hybridized carbons (Fsp3) is 0.429. The summed E-state index contributed by atoms with van der Waals surface area (Å²) in [7, 11) is 0. The van der Waals surface area contributed by atoms with Crippen molar-refractivity contribution < 1.29 is 4.79 Å². The number of nitrogens with one attached hydrogen (secondary N) is 1. The number of nitrogens with zero attached hydrogens (tertiary/aromatic N) is 5. The maximum absolute atomic E-state index is 12.0. The molecule has 0 aliphatic carbocycles. The van der Waals surface area contributed by atoms with E-state index in [-0.39, 0.29) is 5.91 Å². The number of anilines is 1. The van der Waals surface area contributed by atoms with Gasteiger partial charge in [-0.2, -0.15) is 5.26 Å². The lowest BCUT2D eigenvalue weighted by Crippen LogP contribution is -2.14. The number of fused-ring (bicyclic) bond motifs is 1. The molecule has 1 aliphatic heterocycles. The molecule has 0 unspecified atom stereocenters. The summed E-state index contributed by atoms with van der Waals surface area (Å²) >= 11 is 1.60. The second-order valence-corrected chi connectivity index (χ2v) is 6.09. The van der Waals surface area contributed by atoms with E-state index in [0.717, 1.165) is 29.8 Å². The molecule has 0 spiro atoms. The Morgan fingerprint density at radius 3 is 3.18 bits per heavy atom. The van der Waals surface area contributed by atoms with Crippen LogP contribution >= 0.6 is 11.8 Å². The van der Waals surface area contributed by atoms with Crippen LogP contribution in [0.25, 0.3) is 0 Å². The van der Waals surface area contributed by atoms with Gasteiger partial charge in [0, 0.05) is 37.7 Å². The van der Waals surface area contributed by atoms with E-state index in [1.807, 2.05) is 22.3 Å². The van der Waals surface area contributed by atoms with Crippen LogP contribution in [0.5, 0.6) is 0 Å². The summed E-state index contributed by atoms with van der Waals surface area (Å²) in [5.74, 6) is 2.13. The van der Waals surface area contributed by atoms with E-state index in [4.69, 9.17) is 0 Å². The summed E-state index contributed by atoms with van der Waals surface area (Å²) in [6.07, 6.45) is 4.75. The summed E-state index contributed by atoms with van der Waals surface area (Å²) < 4.78 is 3.87. The quantitative estimate of drug-likeness (QED) is 0.908. The maximum atomic E-state index is 12.0. The van der Waals surface area contributed by atoms with E-state index in [0.29, 0.717) is 24.4 Å². The first-order chi connectivity index (χ1) is 10.7. The van der Waals surface area contributed by atoms with Gasteiger partial charge in [0.25, 0.3) is 0 Å². The third kappa shape index (κ3) is 2.85. The molecular weight excluding hydrogens is 300 g/mol. The summed E-state index contributed by atoms with van der Waals surface area (Å²) in [6, 6.07) is 2.13. The molecule has 0 atom stereocenters. The minimum atomic E-state index is -0.115. The van der Waals surface area contributed by atoms with Crippen LogP contribution in [-0.2, 0) is 17.9 Å². The van der Waals surface area contributed by atoms with Crippen LogP contribution in [0, 0.1) is 18.3 Å². The molecule has 0 saturated carbocycles. The van der Waals surface area contributed by atoms with Gasteiger partial charge in [0.2, 0.25) is 5.91 Å². The molecule has 22 heavy (non-hydrogen) atoms. The molecule has 3 heterocycles. The van der Waals surface area contributed by atoms with Crippen LogP contribution < -0.4 is 5.32 Å². The predicted octanol–water partition coefficient (Wildman–Crippen LogP) is 1.78. The van der Waals surface area contributed by atoms with Crippen molar-refractivity contribution in [3.63, 3.8) is 0 Å². The van der Waals surface area contributed by atoms with Crippen molar-refractivity contribution in [2.24, 2.45) is 0 Å². The first-order valence-electron chi connectivity index (χ1n) is 7.10. The number of hydrogen-bond acceptors (Lipinski definition) is 5. The minimum Gasteiger partial charge on any atom is -0.335 e. The average molecular weight is 316 g/mol. The summed E-state index contributed by atoms with van der Waals surface area (Å²) in [5.41, 5.74) is 0.443. The second-order valence-electron chi connectivity index (χ2n) is 5.02. The Bertz CT molecular complexity index is 741. The average Bonchev–Trinajstić information content (AvgIpc) is 3.16. The zero-order chi connectivity index (χ0) is 15.5. The Balaban J connectivity index is 1.56. The lowest BCUT2D eigenvalue weighted by Gasteiger charge is -2.05. The standard InChI is InChI=1S/C14H16N6OS/c1-10-16-4-6-19(10)5-2-3-12(21)17-13-11(9-15)20-7-8-22-14(20)18-13/h4,6H,2-3,5,7-8H2,1H3,(H,17,21). The summed E-state index contributed by atoms with van der Waals surface area (Å²) in [5, 5.41) is 12.8. The van der Waals surface area contributed by atoms with E-state index in [1.54, 1.807) is 18.0 Å². The Morgan fingerprint density at radius 1 is 1.59 bits per heavy atom. The van der Waals surface area contributed by atoms with Crippen LogP contribution in [0.2, 0.25) is 0 Å². The zero-order valence-corrected chi connectivity index (χ0v) is 13.1. The van der Waals surface area contributed by atoms with Crippen LogP contribution in [0.4, 0.5) is 5.82 Å². The molecule has 8 heteroatoms. The maximum Gasteiger partial charge on any atom is 0.225 e. The molecule has 3 rings (SSSR count). The smallest absolute Gasteiger partial charge is 0.225 e. The molecule has 0 fully saturated rings. The molecule has 2 aromatic rings. The molecule has 0 bridgehead atoms. The normalized spacial score (nSPS) is 12.9. The number of carbonyl (C=O) groups is 1. The van der Waals surface area contributed by atoms with Crippen molar-refractivity contribution in [1.82, 2.24) is 19.1 Å². The number of aryl methyl sites for hydroxylation is 2. The van der Waals surface area contributed by atoms with Crippen LogP contribution in [0.15, 0.2) is 17.6 Å². The summed E-state index contributed by atoms with van der Waals surface area (Å²) in [6.45, 7) is 3.45. The number of rotatable bonds is 5. The van der Waals surface area contributed by atoms with Crippen LogP contribution in [0.1, 0.15) is 24.4 Å². The van der Waals surface area contributed by atoms with E-state index >= 15 is 0 Å². The Hall–Kier alpha value is -2.27. The van der Waals surface area contributed by atoms with Gasteiger partial charge in [-0.15, -0.1) is 0 Å². The zero-order valence-electron chi connectivity index (χ0n) is 12.2. The lowest BCUT2D eigenvalue weighted by atomic mass is 10.3. The molecule has 7 nitrogen and oxygen atoms in total. The number of hydrogen-bond donors (Lipinski definition) is 1. The highest BCUT2D eigenvalue weighted by molar-refractivity contribution is 7.99. The fourth-order valence-corrected chi connectivity index (χ4v) is 3.37. The number of imidazole rings is 2. The van der Waals surface area contributed by atoms with E-state index in [9.17, 15) is 10.1 Å². The van der Waals surface area contributed by atoms with Gasteiger partial charge in [0.1, 0.15) is 11.9 Å². The second kappa shape index (κ2) is 6.23. The van der Waals surface area contributed by atoms with E-state index < -0.39 is 0 Å². The number of aromatic nitrogens is 4. The number of nitriles is 1. The first-order valence-corrected chi connectivity index (χ1v) is 8.08. The topological polar surface area (TPSA) is 88.5 Å². The van der Waals surface area contributed by atoms with Crippen molar-refractivity contribution in [1.29, 1.82) is 5.26 Å². The fourth-order valence-electron chi connectivity index (χ4n) is 2.42. The van der Waals surface area contributed by atoms with Crippen LogP contribution in [0.3, 0.4) is 0 Å². The molecule has 114 valence electrons. The monoisotopic (exact) mass is 316 g/mol. The van der Waals surface area contributed by atoms with Gasteiger partial charge in [0.15, 0.2) is 16.7 Å². The van der Waals surface area contributed by atoms with Gasteiger partial charge < -0.3 is 14.5 Å². The Labute approximate surface area is 132 Å². The number of thioether (sulfide) groups is 1. The highest BCUT2D eigenvalue weighted by Crippen LogP contribution is 2.30. The van der Waals surface area contributed by atoms with Gasteiger partial charge >= 0.3 is 0 Å². The van der Waals surface area contributed by atoms with Gasteiger partial charge in [0.05, 0.1) is 0 Å². The molecule has 0 radical (unpaired) electrons. The minimum absolute atomic E-state index is 0.115. The third-order valence-corrected chi connectivity index (χ3v) is 4.53. The predicted molar refractivity (Wildman–Crippen MR) is 82.5 cm³/mol. The Morgan fingerprint density at radius 2 is 2.45 bits per heavy atom. The van der Waals surface area contributed by atoms with Crippen molar-refractivity contribution in [2.75, 3.05) is 11.1 Å². The number of carbonyl (C=O) groups excluding carboxylic acids is 1. The van der Waals surface area contributed by atoms with Crippen LogP contribution in [-0.4, -0.2) is 30.8 Å². The van der Waals surface area contributed by atoms with Crippen molar-refractivity contribution in [3.05, 3.63) is 23.9 Å². The van der Waals surface area contributed by atoms with E-state index in [2.05, 4.69) is 21.4 Å². The highest BCUT2D eigenvalue weighted by Gasteiger charge is 2.22. The van der Waals surface area contributed by atoms with E-state index in [1.165, 1.54) is 0 Å². The number of amides is 1. The molecular formula is C14H16N6OS. The third-order valence-electron chi connectivity index (χ3n) is 3.57.